The number of tetrazole rings is 1. The first-order valence-corrected chi connectivity index (χ1v) is 6.10. The molecule has 2 unspecified atom stereocenters. The van der Waals surface area contributed by atoms with Gasteiger partial charge < -0.3 is 5.11 Å². The van der Waals surface area contributed by atoms with Gasteiger partial charge in [-0.2, -0.15) is 4.80 Å². The van der Waals surface area contributed by atoms with E-state index in [1.807, 2.05) is 0 Å². The van der Waals surface area contributed by atoms with E-state index < -0.39 is 6.10 Å². The van der Waals surface area contributed by atoms with Crippen LogP contribution in [0.3, 0.4) is 0 Å². The highest BCUT2D eigenvalue weighted by Gasteiger charge is 2.36. The van der Waals surface area contributed by atoms with E-state index in [4.69, 9.17) is 0 Å². The molecular formula is C10H18N6O. The molecule has 0 saturated carbocycles. The van der Waals surface area contributed by atoms with Crippen LogP contribution < -0.4 is 0 Å². The van der Waals surface area contributed by atoms with Crippen molar-refractivity contribution in [2.24, 2.45) is 7.05 Å². The maximum Gasteiger partial charge on any atom is 0.177 e. The summed E-state index contributed by atoms with van der Waals surface area (Å²) in [6, 6.07) is 0.223. The summed E-state index contributed by atoms with van der Waals surface area (Å²) in [6.07, 6.45) is 0.0883. The molecule has 7 heteroatoms. The number of rotatable bonds is 3. The first kappa shape index (κ1) is 11.1. The maximum atomic E-state index is 10.3. The van der Waals surface area contributed by atoms with Crippen LogP contribution in [0.5, 0.6) is 0 Å². The predicted octanol–water partition coefficient (Wildman–Crippen LogP) is -1.89. The summed E-state index contributed by atoms with van der Waals surface area (Å²) < 4.78 is 0. The van der Waals surface area contributed by atoms with Crippen molar-refractivity contribution in [1.82, 2.24) is 30.0 Å². The number of piperazine rings is 3. The molecule has 0 aromatic carbocycles. The van der Waals surface area contributed by atoms with E-state index in [0.29, 0.717) is 12.2 Å². The quantitative estimate of drug-likeness (QED) is 0.664. The molecule has 1 aromatic heterocycles. The Kier molecular flexibility index (Phi) is 2.81. The third kappa shape index (κ3) is 2.18. The second-order valence-electron chi connectivity index (χ2n) is 4.87. The summed E-state index contributed by atoms with van der Waals surface area (Å²) in [5.74, 6) is 0.623. The summed E-state index contributed by atoms with van der Waals surface area (Å²) >= 11 is 0. The summed E-state index contributed by atoms with van der Waals surface area (Å²) in [6.45, 7) is 5.35. The van der Waals surface area contributed by atoms with Crippen LogP contribution in [0.25, 0.3) is 0 Å². The van der Waals surface area contributed by atoms with Gasteiger partial charge >= 0.3 is 0 Å². The van der Waals surface area contributed by atoms with E-state index in [-0.39, 0.29) is 6.04 Å². The standard InChI is InChI=1S/C10H18N6O/c1-14-12-10(11-13-14)6-9(17)8-7-15-2-4-16(8)5-3-15/h8-9,17H,2-7H2,1H3. The molecule has 94 valence electrons. The summed E-state index contributed by atoms with van der Waals surface area (Å²) in [4.78, 5) is 6.22. The minimum atomic E-state index is -0.401. The van der Waals surface area contributed by atoms with Gasteiger partial charge in [-0.15, -0.1) is 10.2 Å². The fourth-order valence-corrected chi connectivity index (χ4v) is 2.75. The lowest BCUT2D eigenvalue weighted by molar-refractivity contribution is -0.0458. The zero-order chi connectivity index (χ0) is 11.8. The number of fused-ring (bicyclic) bond motifs is 3. The SMILES string of the molecule is Cn1nnc(CC(O)C2CN3CCN2CC3)n1. The zero-order valence-corrected chi connectivity index (χ0v) is 10.0. The van der Waals surface area contributed by atoms with Crippen molar-refractivity contribution in [1.29, 1.82) is 0 Å². The Balaban J connectivity index is 1.64. The van der Waals surface area contributed by atoms with Crippen molar-refractivity contribution < 1.29 is 5.11 Å². The van der Waals surface area contributed by atoms with Crippen LogP contribution in [0.1, 0.15) is 5.82 Å². The van der Waals surface area contributed by atoms with Gasteiger partial charge in [0.1, 0.15) is 0 Å². The van der Waals surface area contributed by atoms with Crippen LogP contribution in [0.2, 0.25) is 0 Å². The fourth-order valence-electron chi connectivity index (χ4n) is 2.75. The lowest BCUT2D eigenvalue weighted by Gasteiger charge is -2.48. The molecule has 7 nitrogen and oxygen atoms in total. The maximum absolute atomic E-state index is 10.3. The largest absolute Gasteiger partial charge is 0.391 e. The van der Waals surface area contributed by atoms with Gasteiger partial charge in [-0.05, 0) is 5.21 Å². The van der Waals surface area contributed by atoms with Crippen molar-refractivity contribution in [2.75, 3.05) is 32.7 Å². The third-order valence-corrected chi connectivity index (χ3v) is 3.71. The van der Waals surface area contributed by atoms with Crippen molar-refractivity contribution in [2.45, 2.75) is 18.6 Å². The number of aliphatic hydroxyl groups excluding tert-OH is 1. The van der Waals surface area contributed by atoms with Crippen LogP contribution in [0.4, 0.5) is 0 Å². The molecule has 4 heterocycles. The van der Waals surface area contributed by atoms with Crippen molar-refractivity contribution in [3.63, 3.8) is 0 Å². The van der Waals surface area contributed by atoms with Crippen LogP contribution in [-0.4, -0.2) is 80.0 Å². The molecule has 2 atom stereocenters. The molecule has 1 N–H and O–H groups in total. The number of hydrogen-bond acceptors (Lipinski definition) is 6. The number of nitrogens with zero attached hydrogens (tertiary/aromatic N) is 6. The summed E-state index contributed by atoms with van der Waals surface area (Å²) in [5.41, 5.74) is 0. The molecule has 0 aliphatic carbocycles. The van der Waals surface area contributed by atoms with Crippen molar-refractivity contribution in [3.05, 3.63) is 5.82 Å². The van der Waals surface area contributed by atoms with Crippen LogP contribution in [0.15, 0.2) is 0 Å². The normalized spacial score (nSPS) is 33.9. The molecule has 4 rings (SSSR count). The van der Waals surface area contributed by atoms with E-state index in [2.05, 4.69) is 25.2 Å². The molecular weight excluding hydrogens is 220 g/mol. The van der Waals surface area contributed by atoms with Crippen molar-refractivity contribution >= 4 is 0 Å². The van der Waals surface area contributed by atoms with E-state index in [1.165, 1.54) is 4.80 Å². The minimum absolute atomic E-state index is 0.223. The van der Waals surface area contributed by atoms with Gasteiger partial charge in [0.15, 0.2) is 5.82 Å². The van der Waals surface area contributed by atoms with Crippen LogP contribution in [-0.2, 0) is 13.5 Å². The van der Waals surface area contributed by atoms with Gasteiger partial charge in [0, 0.05) is 45.2 Å². The molecule has 1 aromatic rings. The molecule has 17 heavy (non-hydrogen) atoms. The number of hydrogen-bond donors (Lipinski definition) is 1. The number of aromatic nitrogens is 4. The highest BCUT2D eigenvalue weighted by Crippen LogP contribution is 2.19. The Labute approximate surface area is 100 Å². The second kappa shape index (κ2) is 4.32. The molecule has 0 radical (unpaired) electrons. The highest BCUT2D eigenvalue weighted by atomic mass is 16.3. The molecule has 3 fully saturated rings. The van der Waals surface area contributed by atoms with E-state index in [0.717, 1.165) is 32.7 Å². The fraction of sp³-hybridized carbons (Fsp3) is 0.900. The Morgan fingerprint density at radius 2 is 2.12 bits per heavy atom. The lowest BCUT2D eigenvalue weighted by atomic mass is 10.00. The minimum Gasteiger partial charge on any atom is -0.391 e. The summed E-state index contributed by atoms with van der Waals surface area (Å²) in [7, 11) is 1.74. The van der Waals surface area contributed by atoms with Gasteiger partial charge in [0.25, 0.3) is 0 Å². The van der Waals surface area contributed by atoms with Gasteiger partial charge in [0.05, 0.1) is 13.2 Å². The van der Waals surface area contributed by atoms with E-state index in [1.54, 1.807) is 7.05 Å². The number of aliphatic hydroxyl groups is 1. The second-order valence-corrected chi connectivity index (χ2v) is 4.87. The van der Waals surface area contributed by atoms with Gasteiger partial charge in [0.2, 0.25) is 0 Å². The van der Waals surface area contributed by atoms with Gasteiger partial charge in [-0.3, -0.25) is 9.80 Å². The number of aryl methyl sites for hydroxylation is 1. The average Bonchev–Trinajstić information content (AvgIpc) is 2.76. The van der Waals surface area contributed by atoms with Crippen LogP contribution >= 0.6 is 0 Å². The Morgan fingerprint density at radius 3 is 2.65 bits per heavy atom. The third-order valence-electron chi connectivity index (χ3n) is 3.71. The zero-order valence-electron chi connectivity index (χ0n) is 10.0. The Hall–Kier alpha value is -1.05. The topological polar surface area (TPSA) is 70.3 Å². The lowest BCUT2D eigenvalue weighted by Crippen LogP contribution is -2.64. The van der Waals surface area contributed by atoms with Gasteiger partial charge in [-0.1, -0.05) is 0 Å². The van der Waals surface area contributed by atoms with E-state index in [9.17, 15) is 5.11 Å². The molecule has 3 aliphatic rings. The molecule has 3 saturated heterocycles. The van der Waals surface area contributed by atoms with Gasteiger partial charge in [-0.25, -0.2) is 0 Å². The smallest absolute Gasteiger partial charge is 0.177 e. The highest BCUT2D eigenvalue weighted by molar-refractivity contribution is 4.95. The first-order valence-electron chi connectivity index (χ1n) is 6.10. The molecule has 0 amide bonds. The van der Waals surface area contributed by atoms with E-state index >= 15 is 0 Å². The molecule has 3 aliphatic heterocycles. The Morgan fingerprint density at radius 1 is 1.35 bits per heavy atom. The molecule has 0 spiro atoms. The molecule has 2 bridgehead atoms. The Bertz CT molecular complexity index is 386. The van der Waals surface area contributed by atoms with Crippen LogP contribution in [0, 0.1) is 0 Å². The van der Waals surface area contributed by atoms with Crippen molar-refractivity contribution in [3.8, 4) is 0 Å². The average molecular weight is 238 g/mol. The first-order chi connectivity index (χ1) is 8.22. The summed E-state index contributed by atoms with van der Waals surface area (Å²) in [5, 5.41) is 22.1. The predicted molar refractivity (Wildman–Crippen MR) is 60.3 cm³/mol. The monoisotopic (exact) mass is 238 g/mol.